The Morgan fingerprint density at radius 1 is 1.08 bits per heavy atom. The summed E-state index contributed by atoms with van der Waals surface area (Å²) in [4.78, 5) is 14.1. The molecular formula is C18H18BrF2NO2. The first kappa shape index (κ1) is 18.4. The molecular weight excluding hydrogens is 380 g/mol. The maximum atomic E-state index is 13.1. The lowest BCUT2D eigenvalue weighted by molar-refractivity contribution is -0.138. The van der Waals surface area contributed by atoms with E-state index in [1.807, 2.05) is 6.92 Å². The molecule has 2 atom stereocenters. The average Bonchev–Trinajstić information content (AvgIpc) is 2.56. The lowest BCUT2D eigenvalue weighted by atomic mass is 10.1. The van der Waals surface area contributed by atoms with Gasteiger partial charge < -0.3 is 9.64 Å². The molecule has 0 N–H and O–H groups in total. The zero-order chi connectivity index (χ0) is 17.9. The molecule has 0 saturated heterocycles. The van der Waals surface area contributed by atoms with Gasteiger partial charge in [0.1, 0.15) is 17.4 Å². The molecule has 0 aliphatic rings. The average molecular weight is 398 g/mol. The van der Waals surface area contributed by atoms with Crippen LogP contribution in [0.1, 0.15) is 25.5 Å². The molecule has 24 heavy (non-hydrogen) atoms. The second-order valence-electron chi connectivity index (χ2n) is 5.51. The summed E-state index contributed by atoms with van der Waals surface area (Å²) < 4.78 is 32.2. The molecule has 0 spiro atoms. The van der Waals surface area contributed by atoms with Gasteiger partial charge in [0.05, 0.1) is 10.5 Å². The quantitative estimate of drug-likeness (QED) is 0.730. The Morgan fingerprint density at radius 2 is 1.67 bits per heavy atom. The molecule has 3 nitrogen and oxygen atoms in total. The summed E-state index contributed by atoms with van der Waals surface area (Å²) in [6.45, 7) is 3.48. The minimum atomic E-state index is -0.750. The number of amides is 1. The highest BCUT2D eigenvalue weighted by atomic mass is 79.9. The van der Waals surface area contributed by atoms with Crippen LogP contribution in [0.15, 0.2) is 46.9 Å². The number of halogens is 3. The zero-order valence-corrected chi connectivity index (χ0v) is 15.2. The Labute approximate surface area is 148 Å². The van der Waals surface area contributed by atoms with Crippen LogP contribution in [0.2, 0.25) is 0 Å². The molecule has 2 rings (SSSR count). The topological polar surface area (TPSA) is 29.5 Å². The molecule has 0 saturated carbocycles. The fourth-order valence-corrected chi connectivity index (χ4v) is 2.70. The van der Waals surface area contributed by atoms with E-state index >= 15 is 0 Å². The molecule has 0 aromatic heterocycles. The lowest BCUT2D eigenvalue weighted by Gasteiger charge is -2.28. The summed E-state index contributed by atoms with van der Waals surface area (Å²) in [6, 6.07) is 9.78. The Kier molecular flexibility index (Phi) is 5.94. The van der Waals surface area contributed by atoms with Crippen molar-refractivity contribution in [2.24, 2.45) is 0 Å². The van der Waals surface area contributed by atoms with Gasteiger partial charge in [-0.2, -0.15) is 0 Å². The van der Waals surface area contributed by atoms with Gasteiger partial charge in [-0.15, -0.1) is 0 Å². The predicted molar refractivity (Wildman–Crippen MR) is 91.8 cm³/mol. The molecule has 0 radical (unpaired) electrons. The molecule has 0 aliphatic heterocycles. The van der Waals surface area contributed by atoms with E-state index in [0.717, 1.165) is 5.56 Å². The van der Waals surface area contributed by atoms with E-state index in [4.69, 9.17) is 4.74 Å². The van der Waals surface area contributed by atoms with Gasteiger partial charge in [0, 0.05) is 7.05 Å². The standard InChI is InChI=1S/C18H18BrF2NO2/c1-11(13-4-6-14(20)7-5-13)22(3)18(23)12(2)24-17-9-8-15(21)10-16(17)19/h4-12H,1-3H3. The van der Waals surface area contributed by atoms with Gasteiger partial charge in [0.25, 0.3) is 5.91 Å². The van der Waals surface area contributed by atoms with Gasteiger partial charge in [0.2, 0.25) is 0 Å². The summed E-state index contributed by atoms with van der Waals surface area (Å²) in [7, 11) is 1.66. The van der Waals surface area contributed by atoms with E-state index < -0.39 is 11.9 Å². The highest BCUT2D eigenvalue weighted by Crippen LogP contribution is 2.27. The summed E-state index contributed by atoms with van der Waals surface area (Å²) >= 11 is 3.21. The van der Waals surface area contributed by atoms with Crippen molar-refractivity contribution < 1.29 is 18.3 Å². The molecule has 6 heteroatoms. The second kappa shape index (κ2) is 7.75. The van der Waals surface area contributed by atoms with Gasteiger partial charge in [-0.3, -0.25) is 4.79 Å². The third-order valence-electron chi connectivity index (χ3n) is 3.83. The van der Waals surface area contributed by atoms with E-state index in [-0.39, 0.29) is 17.8 Å². The lowest BCUT2D eigenvalue weighted by Crippen LogP contribution is -2.39. The number of benzene rings is 2. The van der Waals surface area contributed by atoms with E-state index in [2.05, 4.69) is 15.9 Å². The number of likely N-dealkylation sites (N-methyl/N-ethyl adjacent to an activating group) is 1. The number of rotatable bonds is 5. The van der Waals surface area contributed by atoms with Crippen molar-refractivity contribution in [1.82, 2.24) is 4.90 Å². The highest BCUT2D eigenvalue weighted by molar-refractivity contribution is 9.10. The first-order chi connectivity index (χ1) is 11.3. The van der Waals surface area contributed by atoms with Crippen molar-refractivity contribution in [3.05, 3.63) is 64.1 Å². The summed E-state index contributed by atoms with van der Waals surface area (Å²) in [5.74, 6) is -0.559. The van der Waals surface area contributed by atoms with Gasteiger partial charge in [0.15, 0.2) is 6.10 Å². The van der Waals surface area contributed by atoms with Gasteiger partial charge in [-0.1, -0.05) is 12.1 Å². The molecule has 2 aromatic rings. The number of carbonyl (C=O) groups excluding carboxylic acids is 1. The Hall–Kier alpha value is -1.95. The smallest absolute Gasteiger partial charge is 0.263 e. The second-order valence-corrected chi connectivity index (χ2v) is 6.37. The van der Waals surface area contributed by atoms with Crippen molar-refractivity contribution in [3.63, 3.8) is 0 Å². The maximum absolute atomic E-state index is 13.1. The summed E-state index contributed by atoms with van der Waals surface area (Å²) in [6.07, 6.45) is -0.750. The predicted octanol–water partition coefficient (Wildman–Crippen LogP) is 4.71. The number of carbonyl (C=O) groups is 1. The zero-order valence-electron chi connectivity index (χ0n) is 13.6. The third-order valence-corrected chi connectivity index (χ3v) is 4.45. The van der Waals surface area contributed by atoms with E-state index in [1.165, 1.54) is 35.2 Å². The van der Waals surface area contributed by atoms with Crippen LogP contribution in [0.4, 0.5) is 8.78 Å². The van der Waals surface area contributed by atoms with Crippen LogP contribution < -0.4 is 4.74 Å². The highest BCUT2D eigenvalue weighted by Gasteiger charge is 2.24. The Bertz CT molecular complexity index is 721. The van der Waals surface area contributed by atoms with Gasteiger partial charge >= 0.3 is 0 Å². The largest absolute Gasteiger partial charge is 0.480 e. The molecule has 0 fully saturated rings. The van der Waals surface area contributed by atoms with E-state index in [9.17, 15) is 13.6 Å². The van der Waals surface area contributed by atoms with Crippen molar-refractivity contribution in [1.29, 1.82) is 0 Å². The van der Waals surface area contributed by atoms with Crippen LogP contribution in [0, 0.1) is 11.6 Å². The first-order valence-corrected chi connectivity index (χ1v) is 8.22. The fraction of sp³-hybridized carbons (Fsp3) is 0.278. The molecule has 2 aromatic carbocycles. The Balaban J connectivity index is 2.07. The van der Waals surface area contributed by atoms with Crippen LogP contribution in [0.25, 0.3) is 0 Å². The monoisotopic (exact) mass is 397 g/mol. The fourth-order valence-electron chi connectivity index (χ4n) is 2.25. The Morgan fingerprint density at radius 3 is 2.25 bits per heavy atom. The van der Waals surface area contributed by atoms with Crippen molar-refractivity contribution >= 4 is 21.8 Å². The van der Waals surface area contributed by atoms with Crippen molar-refractivity contribution in [2.75, 3.05) is 7.05 Å². The molecule has 0 bridgehead atoms. The van der Waals surface area contributed by atoms with Crippen molar-refractivity contribution in [2.45, 2.75) is 26.0 Å². The minimum absolute atomic E-state index is 0.233. The van der Waals surface area contributed by atoms with Crippen LogP contribution in [0.3, 0.4) is 0 Å². The van der Waals surface area contributed by atoms with Crippen LogP contribution in [-0.4, -0.2) is 24.0 Å². The molecule has 128 valence electrons. The van der Waals surface area contributed by atoms with E-state index in [0.29, 0.717) is 10.2 Å². The van der Waals surface area contributed by atoms with Crippen LogP contribution in [-0.2, 0) is 4.79 Å². The van der Waals surface area contributed by atoms with Gasteiger partial charge in [-0.25, -0.2) is 8.78 Å². The summed E-state index contributed by atoms with van der Waals surface area (Å²) in [5, 5.41) is 0. The number of ether oxygens (including phenoxy) is 1. The molecule has 1 amide bonds. The minimum Gasteiger partial charge on any atom is -0.480 e. The number of nitrogens with zero attached hydrogens (tertiary/aromatic N) is 1. The SMILES string of the molecule is CC(Oc1ccc(F)cc1Br)C(=O)N(C)C(C)c1ccc(F)cc1. The van der Waals surface area contributed by atoms with E-state index in [1.54, 1.807) is 26.1 Å². The molecule has 0 heterocycles. The number of hydrogen-bond donors (Lipinski definition) is 0. The normalized spacial score (nSPS) is 13.2. The van der Waals surface area contributed by atoms with Gasteiger partial charge in [-0.05, 0) is 65.7 Å². The third kappa shape index (κ3) is 4.32. The molecule has 0 aliphatic carbocycles. The van der Waals surface area contributed by atoms with Crippen LogP contribution in [0.5, 0.6) is 5.75 Å². The first-order valence-electron chi connectivity index (χ1n) is 7.43. The van der Waals surface area contributed by atoms with Crippen molar-refractivity contribution in [3.8, 4) is 5.75 Å². The van der Waals surface area contributed by atoms with Crippen LogP contribution >= 0.6 is 15.9 Å². The number of hydrogen-bond acceptors (Lipinski definition) is 2. The maximum Gasteiger partial charge on any atom is 0.263 e. The summed E-state index contributed by atoms with van der Waals surface area (Å²) in [5.41, 5.74) is 0.822. The molecule has 2 unspecified atom stereocenters.